The summed E-state index contributed by atoms with van der Waals surface area (Å²) in [6.07, 6.45) is 15.3. The molecule has 4 rings (SSSR count). The maximum absolute atomic E-state index is 2.98. The van der Waals surface area contributed by atoms with Crippen LogP contribution in [0.5, 0.6) is 0 Å². The summed E-state index contributed by atoms with van der Waals surface area (Å²) in [6.45, 7) is 10.6. The molecular formula is C22H40I2. The Balaban J connectivity index is 0.000000487. The molecule has 0 nitrogen and oxygen atoms in total. The van der Waals surface area contributed by atoms with Gasteiger partial charge in [0.15, 0.2) is 0 Å². The number of halogens is 2. The molecule has 0 saturated heterocycles. The molecule has 2 heteroatoms. The van der Waals surface area contributed by atoms with E-state index in [4.69, 9.17) is 0 Å². The minimum absolute atomic E-state index is 0.666. The van der Waals surface area contributed by atoms with Crippen LogP contribution in [0.4, 0.5) is 0 Å². The van der Waals surface area contributed by atoms with Gasteiger partial charge in [0.1, 0.15) is 0 Å². The summed E-state index contributed by atoms with van der Waals surface area (Å²) in [5.74, 6) is 5.23. The molecule has 4 aliphatic carbocycles. The van der Waals surface area contributed by atoms with E-state index in [1.807, 2.05) is 27.7 Å². The Morgan fingerprint density at radius 1 is 0.708 bits per heavy atom. The third-order valence-electron chi connectivity index (χ3n) is 7.66. The largest absolute Gasteiger partial charge is 0.0786 e. The summed E-state index contributed by atoms with van der Waals surface area (Å²) in [5.41, 5.74) is 0. The Bertz CT molecular complexity index is 395. The van der Waals surface area contributed by atoms with Crippen LogP contribution in [0.15, 0.2) is 0 Å². The minimum atomic E-state index is 0.666. The summed E-state index contributed by atoms with van der Waals surface area (Å²) < 4.78 is 1.37. The van der Waals surface area contributed by atoms with Crippen molar-refractivity contribution in [2.24, 2.45) is 29.6 Å². The SMILES string of the molecule is CC.CC.CC1CCCC2CCC3C4CCCC4(I)CCC3C12I. The summed E-state index contributed by atoms with van der Waals surface area (Å²) in [6, 6.07) is 0. The van der Waals surface area contributed by atoms with Gasteiger partial charge in [0.05, 0.1) is 0 Å². The van der Waals surface area contributed by atoms with Gasteiger partial charge in [-0.2, -0.15) is 0 Å². The van der Waals surface area contributed by atoms with E-state index in [9.17, 15) is 0 Å². The van der Waals surface area contributed by atoms with Gasteiger partial charge < -0.3 is 0 Å². The highest BCUT2D eigenvalue weighted by Gasteiger charge is 2.60. The minimum Gasteiger partial charge on any atom is -0.0786 e. The van der Waals surface area contributed by atoms with Crippen LogP contribution in [0.25, 0.3) is 0 Å². The molecule has 4 aliphatic rings. The maximum Gasteiger partial charge on any atom is 0.0306 e. The van der Waals surface area contributed by atoms with E-state index in [-0.39, 0.29) is 0 Å². The lowest BCUT2D eigenvalue weighted by atomic mass is 9.51. The highest BCUT2D eigenvalue weighted by Crippen LogP contribution is 2.66. The zero-order valence-corrected chi connectivity index (χ0v) is 21.0. The Hall–Kier alpha value is 1.46. The zero-order valence-electron chi connectivity index (χ0n) is 16.7. The molecule has 0 bridgehead atoms. The Morgan fingerprint density at radius 3 is 2.12 bits per heavy atom. The molecule has 0 aromatic heterocycles. The molecule has 0 aliphatic heterocycles. The van der Waals surface area contributed by atoms with Crippen molar-refractivity contribution in [2.75, 3.05) is 0 Å². The number of rotatable bonds is 0. The predicted molar refractivity (Wildman–Crippen MR) is 125 cm³/mol. The first-order valence-electron chi connectivity index (χ1n) is 10.9. The lowest BCUT2D eigenvalue weighted by molar-refractivity contribution is -0.000529. The van der Waals surface area contributed by atoms with Crippen LogP contribution in [0, 0.1) is 29.6 Å². The van der Waals surface area contributed by atoms with E-state index in [2.05, 4.69) is 52.1 Å². The molecule has 4 saturated carbocycles. The van der Waals surface area contributed by atoms with Crippen LogP contribution < -0.4 is 0 Å². The first-order chi connectivity index (χ1) is 11.6. The normalized spacial score (nSPS) is 49.4. The van der Waals surface area contributed by atoms with Crippen molar-refractivity contribution in [3.8, 4) is 0 Å². The molecule has 24 heavy (non-hydrogen) atoms. The van der Waals surface area contributed by atoms with Crippen molar-refractivity contribution in [3.63, 3.8) is 0 Å². The van der Waals surface area contributed by atoms with Gasteiger partial charge in [-0.3, -0.25) is 0 Å². The molecule has 4 fully saturated rings. The van der Waals surface area contributed by atoms with Crippen molar-refractivity contribution < 1.29 is 0 Å². The average molecular weight is 558 g/mol. The number of alkyl halides is 2. The molecule has 0 radical (unpaired) electrons. The van der Waals surface area contributed by atoms with Gasteiger partial charge in [0.2, 0.25) is 0 Å². The second-order valence-electron chi connectivity index (χ2n) is 8.28. The van der Waals surface area contributed by atoms with E-state index >= 15 is 0 Å². The first-order valence-corrected chi connectivity index (χ1v) is 13.1. The maximum atomic E-state index is 2.98. The van der Waals surface area contributed by atoms with Crippen LogP contribution in [-0.2, 0) is 0 Å². The van der Waals surface area contributed by atoms with E-state index < -0.39 is 0 Å². The predicted octanol–water partition coefficient (Wildman–Crippen LogP) is 8.44. The van der Waals surface area contributed by atoms with Crippen molar-refractivity contribution in [3.05, 3.63) is 0 Å². The summed E-state index contributed by atoms with van der Waals surface area (Å²) in [7, 11) is 0. The van der Waals surface area contributed by atoms with Crippen molar-refractivity contribution >= 4 is 45.2 Å². The van der Waals surface area contributed by atoms with E-state index in [0.29, 0.717) is 6.84 Å². The van der Waals surface area contributed by atoms with Crippen LogP contribution in [0.3, 0.4) is 0 Å². The fourth-order valence-electron chi connectivity index (χ4n) is 6.75. The van der Waals surface area contributed by atoms with Crippen molar-refractivity contribution in [1.29, 1.82) is 0 Å². The lowest BCUT2D eigenvalue weighted by Crippen LogP contribution is -2.57. The zero-order chi connectivity index (χ0) is 18.0. The molecule has 0 aromatic carbocycles. The average Bonchev–Trinajstić information content (AvgIpc) is 3.01. The molecule has 142 valence electrons. The van der Waals surface area contributed by atoms with Gasteiger partial charge >= 0.3 is 0 Å². The molecule has 7 atom stereocenters. The highest BCUT2D eigenvalue weighted by molar-refractivity contribution is 14.1. The second-order valence-corrected chi connectivity index (χ2v) is 12.3. The first kappa shape index (κ1) is 21.8. The summed E-state index contributed by atoms with van der Waals surface area (Å²) in [5, 5.41) is 0. The van der Waals surface area contributed by atoms with Crippen molar-refractivity contribution in [1.82, 2.24) is 0 Å². The molecule has 7 unspecified atom stereocenters. The smallest absolute Gasteiger partial charge is 0.0306 e. The Morgan fingerprint density at radius 2 is 1.42 bits per heavy atom. The van der Waals surface area contributed by atoms with Gasteiger partial charge in [-0.15, -0.1) is 0 Å². The molecule has 0 heterocycles. The van der Waals surface area contributed by atoms with Gasteiger partial charge in [-0.05, 0) is 81.0 Å². The second kappa shape index (κ2) is 9.10. The number of hydrogen-bond acceptors (Lipinski definition) is 0. The quantitative estimate of drug-likeness (QED) is 0.207. The molecule has 0 aromatic rings. The fraction of sp³-hybridized carbons (Fsp3) is 1.00. The van der Waals surface area contributed by atoms with Crippen LogP contribution in [-0.4, -0.2) is 6.84 Å². The standard InChI is InChI=1S/C18H28I2.2C2H6/c1-12-4-2-5-13-7-8-14-15-6-3-10-17(15,19)11-9-16(14)18(12,13)20;2*1-2/h12-16H,2-11H2,1H3;2*1-2H3. The molecule has 0 N–H and O–H groups in total. The van der Waals surface area contributed by atoms with E-state index in [1.54, 1.807) is 25.7 Å². The third kappa shape index (κ3) is 3.58. The van der Waals surface area contributed by atoms with Gasteiger partial charge in [-0.1, -0.05) is 92.6 Å². The van der Waals surface area contributed by atoms with Gasteiger partial charge in [-0.25, -0.2) is 0 Å². The molecular weight excluding hydrogens is 518 g/mol. The summed E-state index contributed by atoms with van der Waals surface area (Å²) in [4.78, 5) is 0. The lowest BCUT2D eigenvalue weighted by Gasteiger charge is -2.60. The molecule has 0 amide bonds. The summed E-state index contributed by atoms with van der Waals surface area (Å²) >= 11 is 5.87. The van der Waals surface area contributed by atoms with Gasteiger partial charge in [0, 0.05) is 6.84 Å². The number of hydrogen-bond donors (Lipinski definition) is 0. The highest BCUT2D eigenvalue weighted by atomic mass is 127. The van der Waals surface area contributed by atoms with Crippen LogP contribution >= 0.6 is 45.2 Å². The topological polar surface area (TPSA) is 0 Å². The molecule has 0 spiro atoms. The van der Waals surface area contributed by atoms with Crippen LogP contribution in [0.2, 0.25) is 0 Å². The van der Waals surface area contributed by atoms with Crippen LogP contribution in [0.1, 0.15) is 98.8 Å². The number of fused-ring (bicyclic) bond motifs is 5. The Labute approximate surface area is 179 Å². The Kier molecular flexibility index (Phi) is 8.25. The van der Waals surface area contributed by atoms with E-state index in [1.165, 1.54) is 38.5 Å². The third-order valence-corrected chi connectivity index (χ3v) is 12.3. The van der Waals surface area contributed by atoms with Crippen molar-refractivity contribution in [2.45, 2.75) is 106 Å². The van der Waals surface area contributed by atoms with E-state index in [0.717, 1.165) is 29.6 Å². The fourth-order valence-corrected chi connectivity index (χ4v) is 9.93. The van der Waals surface area contributed by atoms with Gasteiger partial charge in [0.25, 0.3) is 0 Å². The monoisotopic (exact) mass is 558 g/mol.